The summed E-state index contributed by atoms with van der Waals surface area (Å²) in [6.07, 6.45) is 1.12. The Bertz CT molecular complexity index is 339. The number of rotatable bonds is 5. The normalized spacial score (nSPS) is 12.9. The van der Waals surface area contributed by atoms with E-state index < -0.39 is 0 Å². The molecule has 0 spiro atoms. The van der Waals surface area contributed by atoms with Crippen LogP contribution in [-0.2, 0) is 6.61 Å². The first-order valence-electron chi connectivity index (χ1n) is 5.69. The Morgan fingerprint density at radius 3 is 2.56 bits per heavy atom. The minimum absolute atomic E-state index is 0.0537. The molecule has 0 aliphatic carbocycles. The quantitative estimate of drug-likeness (QED) is 0.863. The maximum Gasteiger partial charge on any atom is 0.0713 e. The molecule has 2 nitrogen and oxygen atoms in total. The van der Waals surface area contributed by atoms with Crippen LogP contribution in [0.15, 0.2) is 22.7 Å². The van der Waals surface area contributed by atoms with Crippen LogP contribution in [0.2, 0.25) is 0 Å². The maximum atomic E-state index is 9.32. The molecule has 1 atom stereocenters. The van der Waals surface area contributed by atoms with Crippen molar-refractivity contribution in [1.29, 1.82) is 0 Å². The lowest BCUT2D eigenvalue weighted by Gasteiger charge is -2.19. The first-order valence-corrected chi connectivity index (χ1v) is 6.48. The van der Waals surface area contributed by atoms with Crippen LogP contribution in [0.25, 0.3) is 0 Å². The number of aliphatic hydroxyl groups is 1. The van der Waals surface area contributed by atoms with Crippen LogP contribution < -0.4 is 5.32 Å². The Morgan fingerprint density at radius 2 is 2.00 bits per heavy atom. The van der Waals surface area contributed by atoms with E-state index in [1.165, 1.54) is 0 Å². The summed E-state index contributed by atoms with van der Waals surface area (Å²) in [6.45, 7) is 6.65. The molecule has 0 saturated heterocycles. The molecule has 0 heterocycles. The standard InChI is InChI=1S/C13H20BrNO/c1-9(2)7-10(3)15-13-6-4-5-12(14)11(13)8-16/h4-6,9-10,15-16H,7-8H2,1-3H3. The van der Waals surface area contributed by atoms with Gasteiger partial charge in [0.2, 0.25) is 0 Å². The Balaban J connectivity index is 2.76. The Kier molecular flexibility index (Phi) is 5.29. The van der Waals surface area contributed by atoms with Gasteiger partial charge in [-0.1, -0.05) is 35.8 Å². The van der Waals surface area contributed by atoms with E-state index in [2.05, 4.69) is 42.0 Å². The molecule has 1 unspecified atom stereocenters. The van der Waals surface area contributed by atoms with Gasteiger partial charge in [0.25, 0.3) is 0 Å². The molecule has 1 rings (SSSR count). The molecule has 90 valence electrons. The minimum atomic E-state index is 0.0537. The van der Waals surface area contributed by atoms with Gasteiger partial charge in [-0.2, -0.15) is 0 Å². The summed E-state index contributed by atoms with van der Waals surface area (Å²) < 4.78 is 0.955. The summed E-state index contributed by atoms with van der Waals surface area (Å²) in [5, 5.41) is 12.8. The third kappa shape index (κ3) is 3.80. The molecule has 0 aromatic heterocycles. The van der Waals surface area contributed by atoms with Crippen molar-refractivity contribution in [2.75, 3.05) is 5.32 Å². The van der Waals surface area contributed by atoms with Crippen molar-refractivity contribution in [2.24, 2.45) is 5.92 Å². The van der Waals surface area contributed by atoms with Gasteiger partial charge in [-0.25, -0.2) is 0 Å². The second-order valence-corrected chi connectivity index (χ2v) is 5.45. The van der Waals surface area contributed by atoms with Crippen molar-refractivity contribution in [2.45, 2.75) is 39.8 Å². The molecule has 0 radical (unpaired) electrons. The average Bonchev–Trinajstić information content (AvgIpc) is 2.16. The summed E-state index contributed by atoms with van der Waals surface area (Å²) >= 11 is 3.45. The smallest absolute Gasteiger partial charge is 0.0713 e. The number of nitrogens with one attached hydrogen (secondary N) is 1. The summed E-state index contributed by atoms with van der Waals surface area (Å²) in [6, 6.07) is 6.35. The van der Waals surface area contributed by atoms with E-state index >= 15 is 0 Å². The molecule has 1 aromatic carbocycles. The Hall–Kier alpha value is -0.540. The van der Waals surface area contributed by atoms with Crippen LogP contribution in [0.4, 0.5) is 5.69 Å². The van der Waals surface area contributed by atoms with Gasteiger partial charge in [0.1, 0.15) is 0 Å². The zero-order valence-electron chi connectivity index (χ0n) is 10.1. The lowest BCUT2D eigenvalue weighted by atomic mass is 10.0. The largest absolute Gasteiger partial charge is 0.392 e. The molecule has 0 aliphatic heterocycles. The number of anilines is 1. The first-order chi connectivity index (χ1) is 7.54. The number of hydrogen-bond acceptors (Lipinski definition) is 2. The number of hydrogen-bond donors (Lipinski definition) is 2. The summed E-state index contributed by atoms with van der Waals surface area (Å²) in [5.74, 6) is 0.673. The number of aliphatic hydroxyl groups excluding tert-OH is 1. The van der Waals surface area contributed by atoms with Crippen LogP contribution in [-0.4, -0.2) is 11.1 Å². The van der Waals surface area contributed by atoms with Crippen molar-refractivity contribution in [3.05, 3.63) is 28.2 Å². The third-order valence-corrected chi connectivity index (χ3v) is 3.25. The van der Waals surface area contributed by atoms with E-state index in [1.54, 1.807) is 0 Å². The van der Waals surface area contributed by atoms with Gasteiger partial charge in [-0.15, -0.1) is 0 Å². The topological polar surface area (TPSA) is 32.3 Å². The molecule has 0 aliphatic rings. The van der Waals surface area contributed by atoms with Gasteiger partial charge in [0.05, 0.1) is 6.61 Å². The Morgan fingerprint density at radius 1 is 1.31 bits per heavy atom. The maximum absolute atomic E-state index is 9.32. The predicted molar refractivity (Wildman–Crippen MR) is 72.6 cm³/mol. The summed E-state index contributed by atoms with van der Waals surface area (Å²) in [4.78, 5) is 0. The fraction of sp³-hybridized carbons (Fsp3) is 0.538. The molecular formula is C13H20BrNO. The van der Waals surface area contributed by atoms with Crippen molar-refractivity contribution >= 4 is 21.6 Å². The van der Waals surface area contributed by atoms with E-state index in [1.807, 2.05) is 18.2 Å². The highest BCUT2D eigenvalue weighted by Gasteiger charge is 2.09. The van der Waals surface area contributed by atoms with Gasteiger partial charge in [0, 0.05) is 21.8 Å². The molecule has 0 amide bonds. The van der Waals surface area contributed by atoms with E-state index in [-0.39, 0.29) is 6.61 Å². The van der Waals surface area contributed by atoms with Crippen LogP contribution in [0, 0.1) is 5.92 Å². The molecule has 0 fully saturated rings. The highest BCUT2D eigenvalue weighted by molar-refractivity contribution is 9.10. The van der Waals surface area contributed by atoms with Gasteiger partial charge in [-0.05, 0) is 31.4 Å². The molecule has 1 aromatic rings. The fourth-order valence-electron chi connectivity index (χ4n) is 1.89. The molecule has 2 N–H and O–H groups in total. The molecule has 0 bridgehead atoms. The fourth-order valence-corrected chi connectivity index (χ4v) is 2.38. The van der Waals surface area contributed by atoms with Crippen molar-refractivity contribution in [1.82, 2.24) is 0 Å². The van der Waals surface area contributed by atoms with E-state index in [9.17, 15) is 5.11 Å². The number of benzene rings is 1. The van der Waals surface area contributed by atoms with Gasteiger partial charge in [0.15, 0.2) is 0 Å². The van der Waals surface area contributed by atoms with Crippen molar-refractivity contribution in [3.63, 3.8) is 0 Å². The van der Waals surface area contributed by atoms with Gasteiger partial charge < -0.3 is 10.4 Å². The highest BCUT2D eigenvalue weighted by Crippen LogP contribution is 2.25. The lowest BCUT2D eigenvalue weighted by Crippen LogP contribution is -2.18. The van der Waals surface area contributed by atoms with Crippen molar-refractivity contribution in [3.8, 4) is 0 Å². The van der Waals surface area contributed by atoms with Crippen LogP contribution in [0.5, 0.6) is 0 Å². The Labute approximate surface area is 106 Å². The average molecular weight is 286 g/mol. The van der Waals surface area contributed by atoms with E-state index in [0.29, 0.717) is 12.0 Å². The number of halogens is 1. The summed E-state index contributed by atoms with van der Waals surface area (Å²) in [5.41, 5.74) is 1.95. The van der Waals surface area contributed by atoms with E-state index in [0.717, 1.165) is 22.1 Å². The van der Waals surface area contributed by atoms with E-state index in [4.69, 9.17) is 0 Å². The summed E-state index contributed by atoms with van der Waals surface area (Å²) in [7, 11) is 0. The SMILES string of the molecule is CC(C)CC(C)Nc1cccc(Br)c1CO. The van der Waals surface area contributed by atoms with Crippen LogP contribution >= 0.6 is 15.9 Å². The second kappa shape index (κ2) is 6.26. The van der Waals surface area contributed by atoms with Crippen LogP contribution in [0.3, 0.4) is 0 Å². The minimum Gasteiger partial charge on any atom is -0.392 e. The molecule has 16 heavy (non-hydrogen) atoms. The molecule has 3 heteroatoms. The zero-order chi connectivity index (χ0) is 12.1. The molecule has 0 saturated carbocycles. The highest BCUT2D eigenvalue weighted by atomic mass is 79.9. The monoisotopic (exact) mass is 285 g/mol. The van der Waals surface area contributed by atoms with Crippen LogP contribution in [0.1, 0.15) is 32.8 Å². The van der Waals surface area contributed by atoms with Crippen molar-refractivity contribution < 1.29 is 5.11 Å². The van der Waals surface area contributed by atoms with Gasteiger partial charge >= 0.3 is 0 Å². The predicted octanol–water partition coefficient (Wildman–Crippen LogP) is 3.79. The zero-order valence-corrected chi connectivity index (χ0v) is 11.7. The third-order valence-electron chi connectivity index (χ3n) is 2.50. The van der Waals surface area contributed by atoms with Gasteiger partial charge in [-0.3, -0.25) is 0 Å². The lowest BCUT2D eigenvalue weighted by molar-refractivity contribution is 0.281. The first kappa shape index (κ1) is 13.5. The second-order valence-electron chi connectivity index (χ2n) is 4.60. The molecular weight excluding hydrogens is 266 g/mol.